The molecule has 0 aliphatic carbocycles. The largest absolute Gasteiger partial charge is 0.383 e. The molecule has 0 spiro atoms. The Morgan fingerprint density at radius 2 is 1.76 bits per heavy atom. The van der Waals surface area contributed by atoms with Crippen molar-refractivity contribution in [1.29, 1.82) is 5.26 Å². The highest BCUT2D eigenvalue weighted by molar-refractivity contribution is 8.04. The second-order valence-electron chi connectivity index (χ2n) is 9.88. The third kappa shape index (κ3) is 8.08. The maximum atomic E-state index is 13.1. The van der Waals surface area contributed by atoms with Gasteiger partial charge in [0.1, 0.15) is 27.7 Å². The normalized spacial score (nSPS) is 18.2. The first kappa shape index (κ1) is 30.1. The number of halogens is 1. The molecule has 2 saturated heterocycles. The van der Waals surface area contributed by atoms with Crippen molar-refractivity contribution < 1.29 is 18.8 Å². The highest BCUT2D eigenvalue weighted by atomic mass is 32.2. The van der Waals surface area contributed by atoms with Crippen molar-refractivity contribution in [2.24, 2.45) is 0 Å². The number of carbonyl (C=O) groups is 3. The topological polar surface area (TPSA) is 118 Å². The molecule has 2 aliphatic heterocycles. The Balaban J connectivity index is 1.29. The molecule has 0 bridgehead atoms. The lowest BCUT2D eigenvalue weighted by Gasteiger charge is -2.16. The van der Waals surface area contributed by atoms with Crippen LogP contribution in [0.1, 0.15) is 35.7 Å². The van der Waals surface area contributed by atoms with Crippen LogP contribution in [0.25, 0.3) is 0 Å². The molecule has 3 amide bonds. The van der Waals surface area contributed by atoms with Gasteiger partial charge in [0.25, 0.3) is 11.8 Å². The number of amides is 3. The molecule has 2 fully saturated rings. The van der Waals surface area contributed by atoms with Crippen LogP contribution in [0, 0.1) is 17.1 Å². The number of carbonyl (C=O) groups excluding carboxylic acids is 3. The van der Waals surface area contributed by atoms with Gasteiger partial charge in [-0.25, -0.2) is 4.39 Å². The van der Waals surface area contributed by atoms with Gasteiger partial charge in [-0.05, 0) is 81.2 Å². The van der Waals surface area contributed by atoms with Gasteiger partial charge >= 0.3 is 0 Å². The van der Waals surface area contributed by atoms with Crippen LogP contribution in [0.15, 0.2) is 59.1 Å². The summed E-state index contributed by atoms with van der Waals surface area (Å²) in [5.74, 6) is -1.18. The molecule has 2 heterocycles. The lowest BCUT2D eigenvalue weighted by Crippen LogP contribution is -2.34. The van der Waals surface area contributed by atoms with E-state index < -0.39 is 11.2 Å². The van der Waals surface area contributed by atoms with Crippen LogP contribution in [-0.4, -0.2) is 78.6 Å². The first-order valence-electron chi connectivity index (χ1n) is 13.9. The van der Waals surface area contributed by atoms with Crippen molar-refractivity contribution in [3.8, 4) is 6.07 Å². The highest BCUT2D eigenvalue weighted by Gasteiger charge is 2.38. The summed E-state index contributed by atoms with van der Waals surface area (Å²) in [4.78, 5) is 42.2. The van der Waals surface area contributed by atoms with Crippen molar-refractivity contribution in [2.45, 2.75) is 31.4 Å². The quantitative estimate of drug-likeness (QED) is 0.262. The Bertz CT molecular complexity index is 1300. The number of anilines is 1. The van der Waals surface area contributed by atoms with Gasteiger partial charge in [-0.3, -0.25) is 14.4 Å². The number of nitriles is 1. The summed E-state index contributed by atoms with van der Waals surface area (Å²) in [5.41, 5.74) is 2.07. The number of nitrogens with zero attached hydrogens (tertiary/aromatic N) is 3. The number of likely N-dealkylation sites (tertiary alicyclic amines) is 1. The highest BCUT2D eigenvalue weighted by Crippen LogP contribution is 2.37. The maximum Gasteiger partial charge on any atom is 0.264 e. The SMILES string of the molecule is CCN1C(=O)[C@@H](CNc2ccc(C(=O)NCCN3CCCC3)cc2)S/C1=C(/C#N)C(=O)NCCc1ccc(F)cc1. The van der Waals surface area contributed by atoms with E-state index in [4.69, 9.17) is 0 Å². The molecule has 0 unspecified atom stereocenters. The summed E-state index contributed by atoms with van der Waals surface area (Å²) in [6.45, 7) is 6.33. The lowest BCUT2D eigenvalue weighted by molar-refractivity contribution is -0.127. The first-order chi connectivity index (χ1) is 19.9. The molecule has 9 nitrogen and oxygen atoms in total. The van der Waals surface area contributed by atoms with E-state index in [1.807, 2.05) is 6.07 Å². The smallest absolute Gasteiger partial charge is 0.264 e. The predicted molar refractivity (Wildman–Crippen MR) is 157 cm³/mol. The summed E-state index contributed by atoms with van der Waals surface area (Å²) in [6.07, 6.45) is 2.92. The van der Waals surface area contributed by atoms with E-state index in [0.717, 1.165) is 30.9 Å². The molecule has 41 heavy (non-hydrogen) atoms. The number of nitrogens with one attached hydrogen (secondary N) is 3. The fraction of sp³-hybridized carbons (Fsp3) is 0.400. The van der Waals surface area contributed by atoms with Gasteiger partial charge in [0.15, 0.2) is 0 Å². The minimum Gasteiger partial charge on any atom is -0.383 e. The molecule has 3 N–H and O–H groups in total. The number of rotatable bonds is 12. The molecule has 2 aliphatic rings. The molecule has 0 saturated carbocycles. The van der Waals surface area contributed by atoms with Gasteiger partial charge in [0.2, 0.25) is 5.91 Å². The van der Waals surface area contributed by atoms with Gasteiger partial charge in [-0.15, -0.1) is 0 Å². The zero-order valence-corrected chi connectivity index (χ0v) is 23.9. The van der Waals surface area contributed by atoms with E-state index in [-0.39, 0.29) is 36.3 Å². The van der Waals surface area contributed by atoms with E-state index in [9.17, 15) is 24.0 Å². The average molecular weight is 579 g/mol. The maximum absolute atomic E-state index is 13.1. The van der Waals surface area contributed by atoms with Gasteiger partial charge in [-0.1, -0.05) is 23.9 Å². The molecule has 2 aromatic rings. The van der Waals surface area contributed by atoms with Crippen LogP contribution < -0.4 is 16.0 Å². The van der Waals surface area contributed by atoms with Crippen LogP contribution in [0.5, 0.6) is 0 Å². The molecule has 4 rings (SSSR count). The van der Waals surface area contributed by atoms with Crippen LogP contribution in [0.4, 0.5) is 10.1 Å². The molecule has 1 atom stereocenters. The van der Waals surface area contributed by atoms with E-state index in [1.165, 1.54) is 41.6 Å². The van der Waals surface area contributed by atoms with Crippen molar-refractivity contribution >= 4 is 35.2 Å². The summed E-state index contributed by atoms with van der Waals surface area (Å²) >= 11 is 1.19. The Labute approximate surface area is 244 Å². The number of hydrogen-bond donors (Lipinski definition) is 3. The zero-order valence-electron chi connectivity index (χ0n) is 23.1. The summed E-state index contributed by atoms with van der Waals surface area (Å²) in [7, 11) is 0. The third-order valence-electron chi connectivity index (χ3n) is 7.07. The van der Waals surface area contributed by atoms with Crippen LogP contribution >= 0.6 is 11.8 Å². The fourth-order valence-electron chi connectivity index (χ4n) is 4.79. The first-order valence-corrected chi connectivity index (χ1v) is 14.8. The summed E-state index contributed by atoms with van der Waals surface area (Å²) in [5, 5.41) is 18.5. The average Bonchev–Trinajstić information content (AvgIpc) is 3.61. The Morgan fingerprint density at radius 1 is 1.05 bits per heavy atom. The van der Waals surface area contributed by atoms with Crippen LogP contribution in [0.2, 0.25) is 0 Å². The Hall–Kier alpha value is -3.88. The minimum atomic E-state index is -0.550. The second kappa shape index (κ2) is 14.7. The lowest BCUT2D eigenvalue weighted by atomic mass is 10.1. The van der Waals surface area contributed by atoms with Crippen molar-refractivity contribution in [2.75, 3.05) is 51.1 Å². The summed E-state index contributed by atoms with van der Waals surface area (Å²) in [6, 6.07) is 15.0. The fourth-order valence-corrected chi connectivity index (χ4v) is 6.05. The molecule has 216 valence electrons. The third-order valence-corrected chi connectivity index (χ3v) is 8.37. The number of benzene rings is 2. The number of hydrogen-bond acceptors (Lipinski definition) is 7. The number of thioether (sulfide) groups is 1. The zero-order chi connectivity index (χ0) is 29.2. The van der Waals surface area contributed by atoms with Crippen LogP contribution in [0.3, 0.4) is 0 Å². The standard InChI is InChI=1S/C30H35FN6O3S/c1-2-37-29(40)26(41-30(37)25(19-32)28(39)33-14-13-21-5-9-23(31)10-6-21)20-35-24-11-7-22(8-12-24)27(38)34-15-18-36-16-3-4-17-36/h5-12,26,35H,2-4,13-18,20H2,1H3,(H,33,39)(H,34,38)/b30-25-/t26-/m1/s1. The van der Waals surface area contributed by atoms with Gasteiger partial charge < -0.3 is 25.8 Å². The van der Waals surface area contributed by atoms with E-state index >= 15 is 0 Å². The van der Waals surface area contributed by atoms with Gasteiger partial charge in [0, 0.05) is 44.0 Å². The van der Waals surface area contributed by atoms with E-state index in [1.54, 1.807) is 43.3 Å². The van der Waals surface area contributed by atoms with E-state index in [0.29, 0.717) is 30.1 Å². The van der Waals surface area contributed by atoms with Gasteiger partial charge in [-0.2, -0.15) is 5.26 Å². The van der Waals surface area contributed by atoms with Crippen LogP contribution in [-0.2, 0) is 16.0 Å². The Morgan fingerprint density at radius 3 is 2.41 bits per heavy atom. The Kier molecular flexibility index (Phi) is 10.8. The van der Waals surface area contributed by atoms with Gasteiger partial charge in [0.05, 0.1) is 0 Å². The second-order valence-corrected chi connectivity index (χ2v) is 11.1. The van der Waals surface area contributed by atoms with Crippen molar-refractivity contribution in [3.05, 3.63) is 76.1 Å². The van der Waals surface area contributed by atoms with E-state index in [2.05, 4.69) is 20.9 Å². The molecule has 0 radical (unpaired) electrons. The summed E-state index contributed by atoms with van der Waals surface area (Å²) < 4.78 is 13.1. The molecule has 0 aromatic heterocycles. The molecular weight excluding hydrogens is 543 g/mol. The van der Waals surface area contributed by atoms with Crippen molar-refractivity contribution in [3.63, 3.8) is 0 Å². The molecule has 11 heteroatoms. The predicted octanol–water partition coefficient (Wildman–Crippen LogP) is 3.12. The minimum absolute atomic E-state index is 0.105. The molecule has 2 aromatic carbocycles. The monoisotopic (exact) mass is 578 g/mol. The molecular formula is C30H35FN6O3S. The van der Waals surface area contributed by atoms with Crippen molar-refractivity contribution in [1.82, 2.24) is 20.4 Å².